The van der Waals surface area contributed by atoms with Crippen LogP contribution in [0.3, 0.4) is 0 Å². The number of hydrogen-bond acceptors (Lipinski definition) is 8. The lowest BCUT2D eigenvalue weighted by Crippen LogP contribution is -2.58. The van der Waals surface area contributed by atoms with Crippen LogP contribution in [0.25, 0.3) is 10.2 Å². The number of nitrogens with zero attached hydrogens (tertiary/aromatic N) is 2. The second kappa shape index (κ2) is 11.5. The van der Waals surface area contributed by atoms with Gasteiger partial charge in [-0.05, 0) is 47.3 Å². The van der Waals surface area contributed by atoms with E-state index in [2.05, 4.69) is 15.9 Å². The minimum Gasteiger partial charge on any atom is -0.496 e. The average Bonchev–Trinajstić information content (AvgIpc) is 3.25. The summed E-state index contributed by atoms with van der Waals surface area (Å²) in [6.45, 7) is 3.29. The molecule has 1 N–H and O–H groups in total. The number of rotatable bonds is 8. The zero-order valence-electron chi connectivity index (χ0n) is 21.8. The van der Waals surface area contributed by atoms with Gasteiger partial charge in [-0.25, -0.2) is 14.2 Å². The third kappa shape index (κ3) is 5.08. The lowest BCUT2D eigenvalue weighted by molar-refractivity contribution is -0.153. The SMILES string of the molecule is COc1ccccc1[C@H](Cn1c(=O)n(C2(C(=O)O)CCOCC2)c(=O)c2c(C)c(Br)sc21)OC1CCOCC1. The Balaban J connectivity index is 1.72. The maximum atomic E-state index is 14.3. The number of aromatic nitrogens is 2. The van der Waals surface area contributed by atoms with Gasteiger partial charge in [-0.2, -0.15) is 0 Å². The molecule has 4 heterocycles. The first-order valence-electron chi connectivity index (χ1n) is 12.9. The van der Waals surface area contributed by atoms with E-state index < -0.39 is 28.9 Å². The Bertz CT molecular complexity index is 1480. The third-order valence-corrected chi connectivity index (χ3v) is 9.84. The molecule has 0 saturated carbocycles. The summed E-state index contributed by atoms with van der Waals surface area (Å²) in [4.78, 5) is 41.3. The second-order valence-corrected chi connectivity index (χ2v) is 12.2. The third-order valence-electron chi connectivity index (χ3n) is 7.66. The minimum absolute atomic E-state index is 0.0157. The molecule has 5 rings (SSSR count). The molecule has 210 valence electrons. The summed E-state index contributed by atoms with van der Waals surface area (Å²) in [6, 6.07) is 7.47. The fourth-order valence-corrected chi connectivity index (χ4v) is 7.15. The Morgan fingerprint density at radius 1 is 1.18 bits per heavy atom. The molecule has 2 aliphatic heterocycles. The number of methoxy groups -OCH3 is 1. The largest absolute Gasteiger partial charge is 0.496 e. The van der Waals surface area contributed by atoms with Crippen molar-refractivity contribution in [2.45, 2.75) is 56.9 Å². The van der Waals surface area contributed by atoms with Crippen molar-refractivity contribution in [1.82, 2.24) is 9.13 Å². The fraction of sp³-hybridized carbons (Fsp3) is 0.519. The number of fused-ring (bicyclic) bond motifs is 1. The number of halogens is 1. The highest BCUT2D eigenvalue weighted by atomic mass is 79.9. The first-order valence-corrected chi connectivity index (χ1v) is 14.5. The normalized spacial score (nSPS) is 18.7. The van der Waals surface area contributed by atoms with Crippen molar-refractivity contribution in [3.8, 4) is 5.75 Å². The number of carboxylic acid groups (broad SMARTS) is 1. The van der Waals surface area contributed by atoms with Crippen LogP contribution in [0.15, 0.2) is 37.6 Å². The van der Waals surface area contributed by atoms with Crippen LogP contribution in [-0.2, 0) is 31.1 Å². The molecule has 3 aromatic rings. The summed E-state index contributed by atoms with van der Waals surface area (Å²) >= 11 is 4.81. The number of para-hydroxylation sites is 1. The topological polar surface area (TPSA) is 118 Å². The van der Waals surface area contributed by atoms with Crippen LogP contribution in [0.1, 0.15) is 42.9 Å². The number of hydrogen-bond donors (Lipinski definition) is 1. The smallest absolute Gasteiger partial charge is 0.333 e. The van der Waals surface area contributed by atoms with E-state index in [1.54, 1.807) is 14.0 Å². The van der Waals surface area contributed by atoms with Gasteiger partial charge in [0.05, 0.1) is 28.9 Å². The monoisotopic (exact) mass is 622 g/mol. The Morgan fingerprint density at radius 3 is 2.51 bits per heavy atom. The first-order chi connectivity index (χ1) is 18.8. The van der Waals surface area contributed by atoms with Crippen LogP contribution >= 0.6 is 27.3 Å². The van der Waals surface area contributed by atoms with Gasteiger partial charge in [-0.3, -0.25) is 9.36 Å². The number of aryl methyl sites for hydroxylation is 1. The van der Waals surface area contributed by atoms with E-state index in [4.69, 9.17) is 18.9 Å². The van der Waals surface area contributed by atoms with Gasteiger partial charge in [0.1, 0.15) is 16.7 Å². The number of carbonyl (C=O) groups is 1. The molecule has 1 atom stereocenters. The van der Waals surface area contributed by atoms with Crippen molar-refractivity contribution in [3.63, 3.8) is 0 Å². The Morgan fingerprint density at radius 2 is 1.85 bits per heavy atom. The molecule has 2 aliphatic rings. The summed E-state index contributed by atoms with van der Waals surface area (Å²) in [5.41, 5.74) is -1.56. The van der Waals surface area contributed by atoms with Crippen molar-refractivity contribution < 1.29 is 28.8 Å². The van der Waals surface area contributed by atoms with Gasteiger partial charge in [0, 0.05) is 44.8 Å². The van der Waals surface area contributed by atoms with Crippen LogP contribution < -0.4 is 16.0 Å². The lowest BCUT2D eigenvalue weighted by atomic mass is 9.89. The highest BCUT2D eigenvalue weighted by molar-refractivity contribution is 9.11. The molecular formula is C27H31BrN2O8S. The van der Waals surface area contributed by atoms with Crippen molar-refractivity contribution in [2.75, 3.05) is 33.5 Å². The van der Waals surface area contributed by atoms with E-state index in [0.29, 0.717) is 51.4 Å². The molecule has 0 spiro atoms. The van der Waals surface area contributed by atoms with Gasteiger partial charge in [0.2, 0.25) is 0 Å². The molecule has 0 bridgehead atoms. The molecule has 0 radical (unpaired) electrons. The second-order valence-electron chi connectivity index (χ2n) is 9.84. The predicted molar refractivity (Wildman–Crippen MR) is 149 cm³/mol. The quantitative estimate of drug-likeness (QED) is 0.403. The lowest BCUT2D eigenvalue weighted by Gasteiger charge is -2.35. The first kappa shape index (κ1) is 28.0. The Hall–Kier alpha value is -2.51. The van der Waals surface area contributed by atoms with Crippen LogP contribution in [0.5, 0.6) is 5.75 Å². The number of ether oxygens (including phenoxy) is 4. The summed E-state index contributed by atoms with van der Waals surface area (Å²) in [6.07, 6.45) is 0.753. The molecule has 1 aromatic carbocycles. The molecule has 39 heavy (non-hydrogen) atoms. The highest BCUT2D eigenvalue weighted by Crippen LogP contribution is 2.37. The minimum atomic E-state index is -1.70. The predicted octanol–water partition coefficient (Wildman–Crippen LogP) is 3.83. The van der Waals surface area contributed by atoms with Gasteiger partial charge in [-0.1, -0.05) is 18.2 Å². The van der Waals surface area contributed by atoms with Gasteiger partial charge in [0.15, 0.2) is 5.54 Å². The zero-order chi connectivity index (χ0) is 27.7. The van der Waals surface area contributed by atoms with Crippen LogP contribution in [0, 0.1) is 6.92 Å². The highest BCUT2D eigenvalue weighted by Gasteiger charge is 2.45. The van der Waals surface area contributed by atoms with Crippen molar-refractivity contribution >= 4 is 43.5 Å². The van der Waals surface area contributed by atoms with Crippen molar-refractivity contribution in [3.05, 3.63) is 60.0 Å². The van der Waals surface area contributed by atoms with E-state index in [1.807, 2.05) is 24.3 Å². The zero-order valence-corrected chi connectivity index (χ0v) is 24.2. The van der Waals surface area contributed by atoms with Gasteiger partial charge >= 0.3 is 11.7 Å². The molecule has 10 nitrogen and oxygen atoms in total. The fourth-order valence-electron chi connectivity index (χ4n) is 5.46. The maximum absolute atomic E-state index is 14.3. The molecule has 0 aliphatic carbocycles. The number of thiophene rings is 1. The summed E-state index contributed by atoms with van der Waals surface area (Å²) < 4.78 is 26.3. The van der Waals surface area contributed by atoms with Gasteiger partial charge in [0.25, 0.3) is 5.56 Å². The standard InChI is InChI=1S/C27H31BrN2O8S/c1-16-21-23(31)30(27(25(32)33)9-13-37-14-10-27)26(34)29(24(21)39-22(16)28)15-20(38-17-7-11-36-12-8-17)18-5-3-4-6-19(18)35-2/h3-6,17,20H,7-15H2,1-2H3,(H,32,33)/t20-/m0/s1. The molecule has 2 fully saturated rings. The van der Waals surface area contributed by atoms with E-state index in [9.17, 15) is 19.5 Å². The Labute approximate surface area is 237 Å². The van der Waals surface area contributed by atoms with Crippen LogP contribution in [-0.4, -0.2) is 59.9 Å². The van der Waals surface area contributed by atoms with Crippen LogP contribution in [0.4, 0.5) is 0 Å². The summed E-state index contributed by atoms with van der Waals surface area (Å²) in [5, 5.41) is 10.7. The molecule has 2 saturated heterocycles. The van der Waals surface area contributed by atoms with Crippen molar-refractivity contribution in [2.24, 2.45) is 0 Å². The number of carboxylic acids is 1. The molecule has 2 aromatic heterocycles. The van der Waals surface area contributed by atoms with Gasteiger partial charge in [-0.15, -0.1) is 11.3 Å². The molecule has 0 amide bonds. The number of aliphatic carboxylic acids is 1. The van der Waals surface area contributed by atoms with Gasteiger partial charge < -0.3 is 24.1 Å². The van der Waals surface area contributed by atoms with E-state index >= 15 is 0 Å². The molecular weight excluding hydrogens is 592 g/mol. The van der Waals surface area contributed by atoms with E-state index in [0.717, 1.165) is 10.1 Å². The molecule has 12 heteroatoms. The number of benzene rings is 1. The van der Waals surface area contributed by atoms with E-state index in [-0.39, 0.29) is 38.7 Å². The van der Waals surface area contributed by atoms with Crippen molar-refractivity contribution in [1.29, 1.82) is 0 Å². The summed E-state index contributed by atoms with van der Waals surface area (Å²) in [7, 11) is 1.58. The molecule has 0 unspecified atom stereocenters. The Kier molecular flexibility index (Phi) is 8.29. The average molecular weight is 624 g/mol. The summed E-state index contributed by atoms with van der Waals surface area (Å²) in [5.74, 6) is -0.607. The maximum Gasteiger partial charge on any atom is 0.333 e. The van der Waals surface area contributed by atoms with E-state index in [1.165, 1.54) is 15.9 Å². The van der Waals surface area contributed by atoms with Crippen LogP contribution in [0.2, 0.25) is 0 Å².